The molecule has 0 spiro atoms. The van der Waals surface area contributed by atoms with Crippen molar-refractivity contribution in [2.75, 3.05) is 25.0 Å². The Labute approximate surface area is 106 Å². The molecule has 1 saturated heterocycles. The van der Waals surface area contributed by atoms with Crippen molar-refractivity contribution in [2.45, 2.75) is 18.9 Å². The van der Waals surface area contributed by atoms with E-state index >= 15 is 0 Å². The van der Waals surface area contributed by atoms with E-state index in [9.17, 15) is 4.79 Å². The Hall–Kier alpha value is -1.62. The topological polar surface area (TPSA) is 54.5 Å². The maximum Gasteiger partial charge on any atom is 0.269 e. The monoisotopic (exact) mass is 247 g/mol. The lowest BCUT2D eigenvalue weighted by molar-refractivity contribution is -0.129. The maximum absolute atomic E-state index is 12.3. The Morgan fingerprint density at radius 1 is 1.44 bits per heavy atom. The maximum atomic E-state index is 12.3. The molecule has 1 amide bonds. The van der Waals surface area contributed by atoms with Gasteiger partial charge < -0.3 is 10.1 Å². The molecule has 3 rings (SSSR count). The van der Waals surface area contributed by atoms with Crippen LogP contribution in [0.2, 0.25) is 0 Å². The van der Waals surface area contributed by atoms with Crippen molar-refractivity contribution in [1.82, 2.24) is 10.3 Å². The van der Waals surface area contributed by atoms with Crippen LogP contribution >= 0.6 is 0 Å². The van der Waals surface area contributed by atoms with Gasteiger partial charge in [0.15, 0.2) is 17.7 Å². The zero-order valence-electron chi connectivity index (χ0n) is 10.4. The van der Waals surface area contributed by atoms with E-state index < -0.39 is 0 Å². The van der Waals surface area contributed by atoms with E-state index in [2.05, 4.69) is 10.3 Å². The number of aromatic nitrogens is 1. The first kappa shape index (κ1) is 11.5. The van der Waals surface area contributed by atoms with Crippen molar-refractivity contribution in [2.24, 2.45) is 5.92 Å². The number of piperidine rings is 1. The lowest BCUT2D eigenvalue weighted by Gasteiger charge is -2.36. The Balaban J connectivity index is 1.88. The van der Waals surface area contributed by atoms with E-state index in [0.29, 0.717) is 17.5 Å². The minimum atomic E-state index is -0.353. The summed E-state index contributed by atoms with van der Waals surface area (Å²) in [5.74, 6) is 1.65. The molecule has 0 aliphatic carbocycles. The number of nitrogens with zero attached hydrogens (tertiary/aromatic N) is 2. The third kappa shape index (κ3) is 1.84. The van der Waals surface area contributed by atoms with E-state index in [0.717, 1.165) is 25.9 Å². The number of likely N-dealkylation sites (N-methyl/N-ethyl adjacent to an activating group) is 1. The van der Waals surface area contributed by atoms with E-state index in [-0.39, 0.29) is 12.0 Å². The van der Waals surface area contributed by atoms with Gasteiger partial charge in [-0.1, -0.05) is 0 Å². The van der Waals surface area contributed by atoms with Gasteiger partial charge in [-0.05, 0) is 38.1 Å². The summed E-state index contributed by atoms with van der Waals surface area (Å²) in [5, 5.41) is 3.31. The normalized spacial score (nSPS) is 24.6. The molecule has 3 heterocycles. The summed E-state index contributed by atoms with van der Waals surface area (Å²) >= 11 is 0. The van der Waals surface area contributed by atoms with Gasteiger partial charge in [0.05, 0.1) is 0 Å². The van der Waals surface area contributed by atoms with Crippen molar-refractivity contribution in [3.05, 3.63) is 18.3 Å². The van der Waals surface area contributed by atoms with Gasteiger partial charge in [0.1, 0.15) is 0 Å². The molecule has 0 bridgehead atoms. The summed E-state index contributed by atoms with van der Waals surface area (Å²) in [7, 11) is 1.77. The molecule has 5 heteroatoms. The van der Waals surface area contributed by atoms with Crippen molar-refractivity contribution in [1.29, 1.82) is 0 Å². The van der Waals surface area contributed by atoms with Crippen molar-refractivity contribution in [3.63, 3.8) is 0 Å². The fourth-order valence-electron chi connectivity index (χ4n) is 2.65. The number of hydrogen-bond donors (Lipinski definition) is 1. The summed E-state index contributed by atoms with van der Waals surface area (Å²) < 4.78 is 5.87. The lowest BCUT2D eigenvalue weighted by atomic mass is 9.90. The van der Waals surface area contributed by atoms with Gasteiger partial charge >= 0.3 is 0 Å². The average molecular weight is 247 g/mol. The number of carbonyl (C=O) groups is 1. The number of nitrogens with one attached hydrogen (secondary N) is 1. The molecule has 2 aliphatic heterocycles. The van der Waals surface area contributed by atoms with Crippen LogP contribution in [0, 0.1) is 5.92 Å². The van der Waals surface area contributed by atoms with Crippen LogP contribution in [0.5, 0.6) is 5.75 Å². The molecule has 1 unspecified atom stereocenters. The van der Waals surface area contributed by atoms with Crippen LogP contribution in [0.4, 0.5) is 5.82 Å². The number of amides is 1. The van der Waals surface area contributed by atoms with Gasteiger partial charge in [0.25, 0.3) is 5.91 Å². The van der Waals surface area contributed by atoms with Gasteiger partial charge in [0.2, 0.25) is 0 Å². The highest BCUT2D eigenvalue weighted by Gasteiger charge is 2.38. The number of pyridine rings is 1. The first-order chi connectivity index (χ1) is 8.77. The fourth-order valence-corrected chi connectivity index (χ4v) is 2.65. The highest BCUT2D eigenvalue weighted by atomic mass is 16.5. The number of anilines is 1. The van der Waals surface area contributed by atoms with Gasteiger partial charge in [-0.25, -0.2) is 4.98 Å². The highest BCUT2D eigenvalue weighted by molar-refractivity contribution is 5.98. The van der Waals surface area contributed by atoms with Crippen LogP contribution in [-0.4, -0.2) is 37.1 Å². The largest absolute Gasteiger partial charge is 0.476 e. The van der Waals surface area contributed by atoms with Crippen molar-refractivity contribution < 1.29 is 9.53 Å². The standard InChI is InChI=1S/C13H17N3O2/c1-16-12-10(3-2-6-15-12)18-11(13(16)17)9-4-7-14-8-5-9/h2-3,6,9,11,14H,4-5,7-8H2,1H3. The zero-order chi connectivity index (χ0) is 12.5. The van der Waals surface area contributed by atoms with Gasteiger partial charge in [0, 0.05) is 19.2 Å². The Morgan fingerprint density at radius 3 is 3.00 bits per heavy atom. The second-order valence-corrected chi connectivity index (χ2v) is 4.85. The van der Waals surface area contributed by atoms with E-state index in [1.54, 1.807) is 18.1 Å². The molecule has 1 N–H and O–H groups in total. The molecule has 5 nitrogen and oxygen atoms in total. The first-order valence-corrected chi connectivity index (χ1v) is 6.37. The Kier molecular flexibility index (Phi) is 2.91. The Bertz CT molecular complexity index is 457. The van der Waals surface area contributed by atoms with Crippen LogP contribution in [0.3, 0.4) is 0 Å². The molecular formula is C13H17N3O2. The van der Waals surface area contributed by atoms with E-state index in [1.807, 2.05) is 12.1 Å². The molecule has 1 aromatic heterocycles. The SMILES string of the molecule is CN1C(=O)C(C2CCNCC2)Oc2cccnc21. The number of hydrogen-bond acceptors (Lipinski definition) is 4. The molecule has 0 aromatic carbocycles. The zero-order valence-corrected chi connectivity index (χ0v) is 10.4. The summed E-state index contributed by atoms with van der Waals surface area (Å²) in [6, 6.07) is 3.71. The predicted molar refractivity (Wildman–Crippen MR) is 67.7 cm³/mol. The minimum Gasteiger partial charge on any atom is -0.476 e. The summed E-state index contributed by atoms with van der Waals surface area (Å²) in [5.41, 5.74) is 0. The number of fused-ring (bicyclic) bond motifs is 1. The lowest BCUT2D eigenvalue weighted by Crippen LogP contribution is -2.50. The number of carbonyl (C=O) groups excluding carboxylic acids is 1. The fraction of sp³-hybridized carbons (Fsp3) is 0.538. The molecule has 0 radical (unpaired) electrons. The van der Waals surface area contributed by atoms with E-state index in [4.69, 9.17) is 4.74 Å². The van der Waals surface area contributed by atoms with Gasteiger partial charge in [-0.3, -0.25) is 9.69 Å². The second-order valence-electron chi connectivity index (χ2n) is 4.85. The minimum absolute atomic E-state index is 0.0214. The molecule has 96 valence electrons. The second kappa shape index (κ2) is 4.57. The third-order valence-electron chi connectivity index (χ3n) is 3.71. The summed E-state index contributed by atoms with van der Waals surface area (Å²) in [6.07, 6.45) is 3.30. The molecule has 1 atom stereocenters. The number of rotatable bonds is 1. The first-order valence-electron chi connectivity index (χ1n) is 6.37. The smallest absolute Gasteiger partial charge is 0.269 e. The van der Waals surface area contributed by atoms with Crippen LogP contribution < -0.4 is 15.0 Å². The summed E-state index contributed by atoms with van der Waals surface area (Å²) in [6.45, 7) is 1.92. The summed E-state index contributed by atoms with van der Waals surface area (Å²) in [4.78, 5) is 18.1. The van der Waals surface area contributed by atoms with Gasteiger partial charge in [-0.2, -0.15) is 0 Å². The molecule has 2 aliphatic rings. The average Bonchev–Trinajstić information content (AvgIpc) is 2.44. The van der Waals surface area contributed by atoms with Crippen LogP contribution in [0.15, 0.2) is 18.3 Å². The van der Waals surface area contributed by atoms with Gasteiger partial charge in [-0.15, -0.1) is 0 Å². The molecular weight excluding hydrogens is 230 g/mol. The molecule has 1 aromatic rings. The number of ether oxygens (including phenoxy) is 1. The van der Waals surface area contributed by atoms with Crippen LogP contribution in [-0.2, 0) is 4.79 Å². The highest BCUT2D eigenvalue weighted by Crippen LogP contribution is 2.34. The molecule has 1 fully saturated rings. The molecule has 18 heavy (non-hydrogen) atoms. The quantitative estimate of drug-likeness (QED) is 0.797. The van der Waals surface area contributed by atoms with Crippen LogP contribution in [0.1, 0.15) is 12.8 Å². The van der Waals surface area contributed by atoms with Crippen molar-refractivity contribution >= 4 is 11.7 Å². The van der Waals surface area contributed by atoms with E-state index in [1.165, 1.54) is 0 Å². The Morgan fingerprint density at radius 2 is 2.22 bits per heavy atom. The molecule has 0 saturated carbocycles. The van der Waals surface area contributed by atoms with Crippen molar-refractivity contribution in [3.8, 4) is 5.75 Å². The third-order valence-corrected chi connectivity index (χ3v) is 3.71. The van der Waals surface area contributed by atoms with Crippen LogP contribution in [0.25, 0.3) is 0 Å². The predicted octanol–water partition coefficient (Wildman–Crippen LogP) is 0.805.